The second-order valence-corrected chi connectivity index (χ2v) is 9.83. The number of esters is 1. The van der Waals surface area contributed by atoms with Gasteiger partial charge in [0.1, 0.15) is 5.75 Å². The van der Waals surface area contributed by atoms with E-state index < -0.39 is 17.8 Å². The lowest BCUT2D eigenvalue weighted by Gasteiger charge is -2.45. The molecule has 4 aliphatic rings. The number of carbonyl (C=O) groups is 3. The van der Waals surface area contributed by atoms with Crippen LogP contribution in [0.3, 0.4) is 0 Å². The highest BCUT2D eigenvalue weighted by molar-refractivity contribution is 6.08. The van der Waals surface area contributed by atoms with Crippen LogP contribution in [0.25, 0.3) is 10.8 Å². The summed E-state index contributed by atoms with van der Waals surface area (Å²) in [6, 6.07) is 29.7. The van der Waals surface area contributed by atoms with Crippen LogP contribution in [0, 0.1) is 11.8 Å². The Balaban J connectivity index is 1.13. The summed E-state index contributed by atoms with van der Waals surface area (Å²) < 4.78 is 5.54. The number of hydrogen-bond donors (Lipinski definition) is 0. The van der Waals surface area contributed by atoms with Crippen LogP contribution in [0.1, 0.15) is 40.5 Å². The lowest BCUT2D eigenvalue weighted by molar-refractivity contribution is -0.141. The van der Waals surface area contributed by atoms with Gasteiger partial charge in [0, 0.05) is 18.4 Å². The third-order valence-electron chi connectivity index (χ3n) is 8.03. The molecule has 5 heteroatoms. The van der Waals surface area contributed by atoms with E-state index in [4.69, 9.17) is 4.74 Å². The Morgan fingerprint density at radius 3 is 1.72 bits per heavy atom. The number of hydrogen-bond acceptors (Lipinski definition) is 4. The van der Waals surface area contributed by atoms with Crippen molar-refractivity contribution in [3.05, 3.63) is 113 Å². The quantitative estimate of drug-likeness (QED) is 0.237. The SMILES string of the molecule is O=C(CCN1C(=O)[C@@H]2C3c4ccccc4C(c4ccccc43)[C@@H]2C1=O)Oc1ccc2ccccc2c1. The number of rotatable bonds is 4. The van der Waals surface area contributed by atoms with Crippen LogP contribution in [0.2, 0.25) is 0 Å². The molecule has 2 amide bonds. The fourth-order valence-electron chi connectivity index (χ4n) is 6.58. The van der Waals surface area contributed by atoms with Gasteiger partial charge in [-0.25, -0.2) is 0 Å². The molecule has 0 N–H and O–H groups in total. The second kappa shape index (κ2) is 7.89. The largest absolute Gasteiger partial charge is 0.426 e. The fraction of sp³-hybridized carbons (Fsp3) is 0.194. The second-order valence-electron chi connectivity index (χ2n) is 9.83. The number of amides is 2. The first-order valence-electron chi connectivity index (χ1n) is 12.3. The van der Waals surface area contributed by atoms with Crippen LogP contribution in [-0.2, 0) is 14.4 Å². The van der Waals surface area contributed by atoms with E-state index in [0.29, 0.717) is 5.75 Å². The minimum Gasteiger partial charge on any atom is -0.426 e. The lowest BCUT2D eigenvalue weighted by atomic mass is 9.55. The number of ether oxygens (including phenoxy) is 1. The van der Waals surface area contributed by atoms with E-state index in [-0.39, 0.29) is 36.6 Å². The summed E-state index contributed by atoms with van der Waals surface area (Å²) in [5, 5.41) is 2.04. The first kappa shape index (κ1) is 21.1. The molecular formula is C31H23NO4. The lowest BCUT2D eigenvalue weighted by Crippen LogP contribution is -2.41. The molecule has 176 valence electrons. The van der Waals surface area contributed by atoms with Gasteiger partial charge in [-0.3, -0.25) is 19.3 Å². The molecule has 0 unspecified atom stereocenters. The van der Waals surface area contributed by atoms with Gasteiger partial charge in [0.25, 0.3) is 0 Å². The molecule has 4 aromatic rings. The van der Waals surface area contributed by atoms with Crippen LogP contribution in [0.4, 0.5) is 0 Å². The highest BCUT2D eigenvalue weighted by Crippen LogP contribution is 2.60. The molecule has 1 saturated heterocycles. The van der Waals surface area contributed by atoms with Gasteiger partial charge in [-0.2, -0.15) is 0 Å². The molecule has 0 radical (unpaired) electrons. The topological polar surface area (TPSA) is 63.7 Å². The van der Waals surface area contributed by atoms with E-state index >= 15 is 0 Å². The van der Waals surface area contributed by atoms with E-state index in [1.54, 1.807) is 6.07 Å². The van der Waals surface area contributed by atoms with Gasteiger partial charge in [0.15, 0.2) is 0 Å². The summed E-state index contributed by atoms with van der Waals surface area (Å²) in [6.45, 7) is 0.0310. The molecule has 2 bridgehead atoms. The number of imide groups is 1. The molecule has 0 spiro atoms. The molecule has 4 aromatic carbocycles. The molecule has 1 fully saturated rings. The fourth-order valence-corrected chi connectivity index (χ4v) is 6.58. The molecule has 2 atom stereocenters. The summed E-state index contributed by atoms with van der Waals surface area (Å²) in [4.78, 5) is 41.2. The Labute approximate surface area is 208 Å². The van der Waals surface area contributed by atoms with Crippen molar-refractivity contribution in [3.8, 4) is 5.75 Å². The van der Waals surface area contributed by atoms with Gasteiger partial charge in [0.05, 0.1) is 18.3 Å². The monoisotopic (exact) mass is 473 g/mol. The van der Waals surface area contributed by atoms with Crippen molar-refractivity contribution in [2.45, 2.75) is 18.3 Å². The molecule has 8 rings (SSSR count). The smallest absolute Gasteiger partial charge is 0.312 e. The summed E-state index contributed by atoms with van der Waals surface area (Å²) in [6.07, 6.45) is -0.0427. The van der Waals surface area contributed by atoms with E-state index in [1.165, 1.54) is 4.90 Å². The van der Waals surface area contributed by atoms with Crippen LogP contribution < -0.4 is 4.74 Å². The minimum absolute atomic E-state index is 0.0310. The van der Waals surface area contributed by atoms with Gasteiger partial charge in [-0.1, -0.05) is 78.9 Å². The van der Waals surface area contributed by atoms with Crippen molar-refractivity contribution in [2.24, 2.45) is 11.8 Å². The Hall–Kier alpha value is -4.25. The average Bonchev–Trinajstić information content (AvgIpc) is 3.17. The maximum absolute atomic E-state index is 13.6. The van der Waals surface area contributed by atoms with Crippen LogP contribution in [0.5, 0.6) is 5.75 Å². The zero-order valence-corrected chi connectivity index (χ0v) is 19.5. The normalized spacial score (nSPS) is 23.4. The zero-order valence-electron chi connectivity index (χ0n) is 19.5. The highest BCUT2D eigenvalue weighted by atomic mass is 16.5. The Morgan fingerprint density at radius 1 is 0.667 bits per heavy atom. The van der Waals surface area contributed by atoms with Crippen molar-refractivity contribution in [2.75, 3.05) is 6.54 Å². The predicted octanol–water partition coefficient (Wildman–Crippen LogP) is 5.03. The van der Waals surface area contributed by atoms with Crippen LogP contribution in [-0.4, -0.2) is 29.2 Å². The van der Waals surface area contributed by atoms with E-state index in [9.17, 15) is 14.4 Å². The van der Waals surface area contributed by atoms with Crippen molar-refractivity contribution in [1.29, 1.82) is 0 Å². The van der Waals surface area contributed by atoms with Crippen molar-refractivity contribution >= 4 is 28.6 Å². The van der Waals surface area contributed by atoms with Gasteiger partial charge in [-0.15, -0.1) is 0 Å². The summed E-state index contributed by atoms with van der Waals surface area (Å²) in [7, 11) is 0. The van der Waals surface area contributed by atoms with E-state index in [2.05, 4.69) is 24.3 Å². The maximum Gasteiger partial charge on any atom is 0.312 e. The van der Waals surface area contributed by atoms with E-state index in [0.717, 1.165) is 33.0 Å². The summed E-state index contributed by atoms with van der Waals surface area (Å²) in [5.74, 6) is -1.50. The summed E-state index contributed by atoms with van der Waals surface area (Å²) in [5.41, 5.74) is 4.56. The first-order valence-corrected chi connectivity index (χ1v) is 12.3. The third-order valence-corrected chi connectivity index (χ3v) is 8.03. The molecule has 36 heavy (non-hydrogen) atoms. The molecule has 0 aromatic heterocycles. The van der Waals surface area contributed by atoms with E-state index in [1.807, 2.05) is 60.7 Å². The van der Waals surface area contributed by atoms with Crippen molar-refractivity contribution < 1.29 is 19.1 Å². The van der Waals surface area contributed by atoms with Crippen molar-refractivity contribution in [3.63, 3.8) is 0 Å². The minimum atomic E-state index is -0.463. The standard InChI is InChI=1S/C31H23NO4/c33-25(36-20-14-13-18-7-1-2-8-19(18)17-20)15-16-32-30(34)28-26-21-9-3-4-10-22(21)27(29(28)31(32)35)24-12-6-5-11-23(24)26/h1-14,17,26-29H,15-16H2/t26?,27?,28-,29+. The van der Waals surface area contributed by atoms with Crippen molar-refractivity contribution in [1.82, 2.24) is 4.90 Å². The number of likely N-dealkylation sites (tertiary alicyclic amines) is 1. The Kier molecular flexibility index (Phi) is 4.61. The van der Waals surface area contributed by atoms with Gasteiger partial charge >= 0.3 is 5.97 Å². The molecule has 1 aliphatic heterocycles. The Bertz CT molecular complexity index is 1460. The first-order chi connectivity index (χ1) is 17.6. The highest BCUT2D eigenvalue weighted by Gasteiger charge is 2.61. The maximum atomic E-state index is 13.6. The van der Waals surface area contributed by atoms with Crippen LogP contribution in [0.15, 0.2) is 91.0 Å². The summed E-state index contributed by atoms with van der Waals surface area (Å²) >= 11 is 0. The van der Waals surface area contributed by atoms with Gasteiger partial charge in [-0.05, 0) is 45.2 Å². The van der Waals surface area contributed by atoms with Gasteiger partial charge < -0.3 is 4.74 Å². The van der Waals surface area contributed by atoms with Crippen LogP contribution >= 0.6 is 0 Å². The third kappa shape index (κ3) is 2.99. The molecule has 1 heterocycles. The molecule has 3 aliphatic carbocycles. The molecular weight excluding hydrogens is 450 g/mol. The number of nitrogens with zero attached hydrogens (tertiary/aromatic N) is 1. The average molecular weight is 474 g/mol. The Morgan fingerprint density at radius 2 is 1.17 bits per heavy atom. The molecule has 0 saturated carbocycles. The molecule has 5 nitrogen and oxygen atoms in total. The predicted molar refractivity (Wildman–Crippen MR) is 134 cm³/mol. The zero-order chi connectivity index (χ0) is 24.4. The number of carbonyl (C=O) groups excluding carboxylic acids is 3. The van der Waals surface area contributed by atoms with Gasteiger partial charge in [0.2, 0.25) is 11.8 Å². The number of benzene rings is 4. The number of fused-ring (bicyclic) bond motifs is 1.